The molecule has 1 heterocycles. The molecule has 4 nitrogen and oxygen atoms in total. The van der Waals surface area contributed by atoms with Gasteiger partial charge in [-0.25, -0.2) is 4.98 Å². The van der Waals surface area contributed by atoms with Crippen LogP contribution in [0, 0.1) is 0 Å². The normalized spacial score (nSPS) is 11.1. The number of halogens is 1. The smallest absolute Gasteiger partial charge is 0.255 e. The molecule has 2 aromatic rings. The first-order chi connectivity index (χ1) is 10.0. The summed E-state index contributed by atoms with van der Waals surface area (Å²) in [5, 5.41) is 2.02. The molecule has 1 aromatic carbocycles. The van der Waals surface area contributed by atoms with E-state index in [4.69, 9.17) is 16.3 Å². The van der Waals surface area contributed by atoms with Gasteiger partial charge >= 0.3 is 0 Å². The third-order valence-corrected chi connectivity index (χ3v) is 3.50. The van der Waals surface area contributed by atoms with Gasteiger partial charge in [-0.2, -0.15) is 0 Å². The summed E-state index contributed by atoms with van der Waals surface area (Å²) in [7, 11) is 1.76. The van der Waals surface area contributed by atoms with Crippen molar-refractivity contribution in [3.05, 3.63) is 41.2 Å². The van der Waals surface area contributed by atoms with Crippen molar-refractivity contribution >= 4 is 28.3 Å². The topological polar surface area (TPSA) is 42.4 Å². The molecule has 0 N–H and O–H groups in total. The van der Waals surface area contributed by atoms with Gasteiger partial charge in [0.05, 0.1) is 18.3 Å². The fraction of sp³-hybridized carbons (Fsp3) is 0.375. The number of pyridine rings is 1. The number of aromatic nitrogens is 1. The fourth-order valence-electron chi connectivity index (χ4n) is 2.06. The van der Waals surface area contributed by atoms with E-state index >= 15 is 0 Å². The number of nitrogens with zero attached hydrogens (tertiary/aromatic N) is 2. The number of hydrogen-bond donors (Lipinski definition) is 0. The molecule has 0 atom stereocenters. The maximum Gasteiger partial charge on any atom is 0.255 e. The molecule has 0 aliphatic rings. The Bertz CT molecular complexity index is 643. The average molecular weight is 307 g/mol. The molecule has 0 spiro atoms. The van der Waals surface area contributed by atoms with E-state index in [1.165, 1.54) is 6.20 Å². The van der Waals surface area contributed by atoms with Crippen LogP contribution in [0.5, 0.6) is 0 Å². The van der Waals surface area contributed by atoms with E-state index in [2.05, 4.69) is 4.98 Å². The average Bonchev–Trinajstić information content (AvgIpc) is 2.47. The summed E-state index contributed by atoms with van der Waals surface area (Å²) >= 11 is 6.08. The molecule has 0 saturated heterocycles. The Morgan fingerprint density at radius 3 is 2.67 bits per heavy atom. The summed E-state index contributed by atoms with van der Waals surface area (Å²) < 4.78 is 5.47. The summed E-state index contributed by atoms with van der Waals surface area (Å²) in [6.07, 6.45) is 1.69. The molecule has 112 valence electrons. The zero-order chi connectivity index (χ0) is 15.4. The Morgan fingerprint density at radius 2 is 2.00 bits per heavy atom. The molecule has 0 aliphatic heterocycles. The van der Waals surface area contributed by atoms with Gasteiger partial charge in [0.25, 0.3) is 5.91 Å². The Kier molecular flexibility index (Phi) is 5.15. The number of benzene rings is 1. The van der Waals surface area contributed by atoms with Crippen LogP contribution >= 0.6 is 11.6 Å². The van der Waals surface area contributed by atoms with Crippen LogP contribution in [0.3, 0.4) is 0 Å². The quantitative estimate of drug-likeness (QED) is 0.795. The zero-order valence-corrected chi connectivity index (χ0v) is 13.2. The Balaban J connectivity index is 2.21. The minimum Gasteiger partial charge on any atom is -0.377 e. The minimum absolute atomic E-state index is 0.0808. The van der Waals surface area contributed by atoms with E-state index in [9.17, 15) is 4.79 Å². The third kappa shape index (κ3) is 3.71. The number of hydrogen-bond acceptors (Lipinski definition) is 3. The van der Waals surface area contributed by atoms with E-state index in [1.54, 1.807) is 11.9 Å². The second-order valence-corrected chi connectivity index (χ2v) is 5.51. The lowest BCUT2D eigenvalue weighted by molar-refractivity contribution is 0.0533. The summed E-state index contributed by atoms with van der Waals surface area (Å²) in [5.41, 5.74) is 0.557. The van der Waals surface area contributed by atoms with Crippen LogP contribution in [0.1, 0.15) is 24.2 Å². The molecule has 0 radical (unpaired) electrons. The standard InChI is InChI=1S/C16H19ClN2O2/c1-11(2)21-9-8-19(3)16(20)14-10-18-15(17)13-7-5-4-6-12(13)14/h4-7,10-11H,8-9H2,1-3H3. The summed E-state index contributed by atoms with van der Waals surface area (Å²) in [4.78, 5) is 18.3. The van der Waals surface area contributed by atoms with E-state index in [0.29, 0.717) is 23.9 Å². The highest BCUT2D eigenvalue weighted by molar-refractivity contribution is 6.34. The molecule has 1 amide bonds. The zero-order valence-electron chi connectivity index (χ0n) is 12.5. The van der Waals surface area contributed by atoms with E-state index < -0.39 is 0 Å². The molecule has 2 rings (SSSR count). The summed E-state index contributed by atoms with van der Waals surface area (Å²) in [6.45, 7) is 4.99. The molecular formula is C16H19ClN2O2. The van der Waals surface area contributed by atoms with E-state index in [1.807, 2.05) is 38.1 Å². The number of carbonyl (C=O) groups excluding carboxylic acids is 1. The largest absolute Gasteiger partial charge is 0.377 e. The van der Waals surface area contributed by atoms with Gasteiger partial charge in [-0.05, 0) is 19.2 Å². The highest BCUT2D eigenvalue weighted by Crippen LogP contribution is 2.24. The number of carbonyl (C=O) groups is 1. The van der Waals surface area contributed by atoms with Crippen LogP contribution < -0.4 is 0 Å². The number of amides is 1. The van der Waals surface area contributed by atoms with Crippen LogP contribution in [0.4, 0.5) is 0 Å². The van der Waals surface area contributed by atoms with Crippen molar-refractivity contribution < 1.29 is 9.53 Å². The fourth-order valence-corrected chi connectivity index (χ4v) is 2.27. The lowest BCUT2D eigenvalue weighted by Gasteiger charge is -2.19. The first kappa shape index (κ1) is 15.7. The van der Waals surface area contributed by atoms with Crippen molar-refractivity contribution in [1.29, 1.82) is 0 Å². The number of rotatable bonds is 5. The van der Waals surface area contributed by atoms with Gasteiger partial charge in [-0.15, -0.1) is 0 Å². The van der Waals surface area contributed by atoms with Crippen molar-refractivity contribution in [2.45, 2.75) is 20.0 Å². The van der Waals surface area contributed by atoms with Crippen LogP contribution in [-0.2, 0) is 4.74 Å². The second-order valence-electron chi connectivity index (χ2n) is 5.15. The van der Waals surface area contributed by atoms with Crippen molar-refractivity contribution in [3.8, 4) is 0 Å². The van der Waals surface area contributed by atoms with Crippen molar-refractivity contribution in [2.75, 3.05) is 20.2 Å². The van der Waals surface area contributed by atoms with Crippen LogP contribution in [0.25, 0.3) is 10.8 Å². The van der Waals surface area contributed by atoms with Gasteiger partial charge < -0.3 is 9.64 Å². The predicted octanol–water partition coefficient (Wildman–Crippen LogP) is 3.39. The Labute approximate surface area is 129 Å². The molecular weight excluding hydrogens is 288 g/mol. The van der Waals surface area contributed by atoms with E-state index in [-0.39, 0.29) is 12.0 Å². The van der Waals surface area contributed by atoms with Gasteiger partial charge in [0, 0.05) is 25.2 Å². The van der Waals surface area contributed by atoms with Crippen LogP contribution in [0.15, 0.2) is 30.5 Å². The molecule has 5 heteroatoms. The highest BCUT2D eigenvalue weighted by atomic mass is 35.5. The van der Waals surface area contributed by atoms with Crippen LogP contribution in [0.2, 0.25) is 5.15 Å². The SMILES string of the molecule is CC(C)OCCN(C)C(=O)c1cnc(Cl)c2ccccc12. The Morgan fingerprint density at radius 1 is 1.33 bits per heavy atom. The van der Waals surface area contributed by atoms with E-state index in [0.717, 1.165) is 10.8 Å². The molecule has 0 unspecified atom stereocenters. The molecule has 1 aromatic heterocycles. The first-order valence-corrected chi connectivity index (χ1v) is 7.29. The molecule has 0 bridgehead atoms. The number of fused-ring (bicyclic) bond motifs is 1. The molecule has 0 saturated carbocycles. The summed E-state index contributed by atoms with van der Waals surface area (Å²) in [6, 6.07) is 7.51. The molecule has 0 aliphatic carbocycles. The monoisotopic (exact) mass is 306 g/mol. The van der Waals surface area contributed by atoms with Gasteiger partial charge in [0.1, 0.15) is 5.15 Å². The summed E-state index contributed by atoms with van der Waals surface area (Å²) in [5.74, 6) is -0.0808. The van der Waals surface area contributed by atoms with Crippen molar-refractivity contribution in [2.24, 2.45) is 0 Å². The predicted molar refractivity (Wildman–Crippen MR) is 84.8 cm³/mol. The first-order valence-electron chi connectivity index (χ1n) is 6.91. The molecule has 21 heavy (non-hydrogen) atoms. The van der Waals surface area contributed by atoms with Crippen molar-refractivity contribution in [3.63, 3.8) is 0 Å². The maximum atomic E-state index is 12.5. The number of likely N-dealkylation sites (N-methyl/N-ethyl adjacent to an activating group) is 1. The lowest BCUT2D eigenvalue weighted by Crippen LogP contribution is -2.31. The number of ether oxygens (including phenoxy) is 1. The molecule has 0 fully saturated rings. The van der Waals surface area contributed by atoms with Crippen molar-refractivity contribution in [1.82, 2.24) is 9.88 Å². The van der Waals surface area contributed by atoms with Crippen LogP contribution in [-0.4, -0.2) is 42.1 Å². The Hall–Kier alpha value is -1.65. The lowest BCUT2D eigenvalue weighted by atomic mass is 10.1. The van der Waals surface area contributed by atoms with Gasteiger partial charge in [0.15, 0.2) is 0 Å². The van der Waals surface area contributed by atoms with Gasteiger partial charge in [0.2, 0.25) is 0 Å². The van der Waals surface area contributed by atoms with Gasteiger partial charge in [-0.1, -0.05) is 35.9 Å². The highest BCUT2D eigenvalue weighted by Gasteiger charge is 2.16. The second kappa shape index (κ2) is 6.87. The van der Waals surface area contributed by atoms with Gasteiger partial charge in [-0.3, -0.25) is 4.79 Å². The minimum atomic E-state index is -0.0808. The third-order valence-electron chi connectivity index (χ3n) is 3.20. The maximum absolute atomic E-state index is 12.5.